The van der Waals surface area contributed by atoms with Crippen LogP contribution in [0.25, 0.3) is 0 Å². The number of rotatable bonds is 5. The van der Waals surface area contributed by atoms with E-state index in [1.165, 1.54) is 0 Å². The van der Waals surface area contributed by atoms with Gasteiger partial charge in [0.25, 0.3) is 5.69 Å². The monoisotopic (exact) mass is 222 g/mol. The number of hydrogen-bond acceptors (Lipinski definition) is 3. The van der Waals surface area contributed by atoms with Gasteiger partial charge in [-0.1, -0.05) is 0 Å². The van der Waals surface area contributed by atoms with Gasteiger partial charge in [-0.05, 0) is 12.5 Å². The molecule has 1 aromatic rings. The third kappa shape index (κ3) is 3.24. The highest BCUT2D eigenvalue weighted by molar-refractivity contribution is 5.61. The summed E-state index contributed by atoms with van der Waals surface area (Å²) in [6.45, 7) is 0.481. The average molecular weight is 222 g/mol. The van der Waals surface area contributed by atoms with E-state index in [4.69, 9.17) is 6.42 Å². The lowest BCUT2D eigenvalue weighted by Gasteiger charge is -2.05. The Morgan fingerprint density at radius 1 is 1.56 bits per heavy atom. The van der Waals surface area contributed by atoms with Crippen molar-refractivity contribution < 1.29 is 9.31 Å². The number of nitrogens with one attached hydrogen (secondary N) is 1. The van der Waals surface area contributed by atoms with Crippen LogP contribution in [-0.2, 0) is 0 Å². The van der Waals surface area contributed by atoms with Gasteiger partial charge in [0.2, 0.25) is 0 Å². The Labute approximate surface area is 92.6 Å². The van der Waals surface area contributed by atoms with Crippen molar-refractivity contribution in [2.45, 2.75) is 12.8 Å². The van der Waals surface area contributed by atoms with Gasteiger partial charge in [-0.3, -0.25) is 10.1 Å². The van der Waals surface area contributed by atoms with E-state index in [9.17, 15) is 14.5 Å². The summed E-state index contributed by atoms with van der Waals surface area (Å²) in [7, 11) is 0. The molecule has 0 amide bonds. The van der Waals surface area contributed by atoms with E-state index in [1.807, 2.05) is 0 Å². The Morgan fingerprint density at radius 2 is 2.31 bits per heavy atom. The Kier molecular flexibility index (Phi) is 4.28. The summed E-state index contributed by atoms with van der Waals surface area (Å²) in [6.07, 6.45) is 6.33. The topological polar surface area (TPSA) is 55.2 Å². The average Bonchev–Trinajstić information content (AvgIpc) is 2.24. The summed E-state index contributed by atoms with van der Waals surface area (Å²) in [6, 6.07) is 3.30. The van der Waals surface area contributed by atoms with Gasteiger partial charge < -0.3 is 5.32 Å². The number of hydrogen-bond donors (Lipinski definition) is 1. The highest BCUT2D eigenvalue weighted by Gasteiger charge is 2.13. The van der Waals surface area contributed by atoms with Gasteiger partial charge in [0, 0.05) is 25.1 Å². The second-order valence-corrected chi connectivity index (χ2v) is 3.15. The summed E-state index contributed by atoms with van der Waals surface area (Å²) in [4.78, 5) is 10.1. The largest absolute Gasteiger partial charge is 0.379 e. The minimum Gasteiger partial charge on any atom is -0.379 e. The van der Waals surface area contributed by atoms with E-state index >= 15 is 0 Å². The molecule has 84 valence electrons. The fourth-order valence-corrected chi connectivity index (χ4v) is 1.22. The van der Waals surface area contributed by atoms with Crippen molar-refractivity contribution in [3.63, 3.8) is 0 Å². The van der Waals surface area contributed by atoms with Crippen molar-refractivity contribution in [3.8, 4) is 12.3 Å². The fourth-order valence-electron chi connectivity index (χ4n) is 1.22. The van der Waals surface area contributed by atoms with Gasteiger partial charge in [0.1, 0.15) is 11.5 Å². The molecule has 0 unspecified atom stereocenters. The molecule has 0 aromatic heterocycles. The van der Waals surface area contributed by atoms with Crippen LogP contribution in [0.4, 0.5) is 15.8 Å². The van der Waals surface area contributed by atoms with Crippen LogP contribution in [0.1, 0.15) is 12.8 Å². The first-order chi connectivity index (χ1) is 7.65. The molecule has 0 aliphatic carbocycles. The van der Waals surface area contributed by atoms with Crippen molar-refractivity contribution in [1.82, 2.24) is 0 Å². The summed E-state index contributed by atoms with van der Waals surface area (Å²) in [5.74, 6) is 1.95. The molecule has 0 fully saturated rings. The van der Waals surface area contributed by atoms with Crippen molar-refractivity contribution >= 4 is 11.4 Å². The van der Waals surface area contributed by atoms with E-state index in [0.29, 0.717) is 19.4 Å². The number of nitrogens with zero attached hydrogens (tertiary/aromatic N) is 1. The van der Waals surface area contributed by atoms with E-state index < -0.39 is 10.7 Å². The molecule has 0 atom stereocenters. The predicted octanol–water partition coefficient (Wildman–Crippen LogP) is 2.56. The number of unbranched alkanes of at least 4 members (excludes halogenated alkanes) is 1. The van der Waals surface area contributed by atoms with Crippen LogP contribution in [-0.4, -0.2) is 11.5 Å². The van der Waals surface area contributed by atoms with Crippen LogP contribution in [0.3, 0.4) is 0 Å². The number of terminal acetylenes is 1. The van der Waals surface area contributed by atoms with Crippen LogP contribution < -0.4 is 5.32 Å². The SMILES string of the molecule is C#CCCCNc1cc(F)ccc1[N+](=O)[O-]. The number of anilines is 1. The fraction of sp³-hybridized carbons (Fsp3) is 0.273. The molecule has 1 rings (SSSR count). The summed E-state index contributed by atoms with van der Waals surface area (Å²) >= 11 is 0. The minimum absolute atomic E-state index is 0.137. The maximum absolute atomic E-state index is 12.9. The minimum atomic E-state index is -0.553. The van der Waals surface area contributed by atoms with Crippen molar-refractivity contribution in [2.24, 2.45) is 0 Å². The van der Waals surface area contributed by atoms with Gasteiger partial charge in [0.05, 0.1) is 4.92 Å². The molecule has 0 heterocycles. The smallest absolute Gasteiger partial charge is 0.292 e. The molecule has 0 aliphatic heterocycles. The van der Waals surface area contributed by atoms with Crippen LogP contribution in [0.5, 0.6) is 0 Å². The van der Waals surface area contributed by atoms with Crippen LogP contribution >= 0.6 is 0 Å². The molecule has 5 heteroatoms. The predicted molar refractivity (Wildman–Crippen MR) is 59.6 cm³/mol. The standard InChI is InChI=1S/C11H11FN2O2/c1-2-3-4-7-13-10-8-9(12)5-6-11(10)14(15)16/h1,5-6,8,13H,3-4,7H2. The highest BCUT2D eigenvalue weighted by atomic mass is 19.1. The van der Waals surface area contributed by atoms with Gasteiger partial charge >= 0.3 is 0 Å². The lowest BCUT2D eigenvalue weighted by molar-refractivity contribution is -0.384. The molecule has 0 spiro atoms. The van der Waals surface area contributed by atoms with Crippen molar-refractivity contribution in [1.29, 1.82) is 0 Å². The molecule has 0 radical (unpaired) electrons. The number of nitro benzene ring substituents is 1. The third-order valence-corrected chi connectivity index (χ3v) is 1.97. The molecule has 1 N–H and O–H groups in total. The third-order valence-electron chi connectivity index (χ3n) is 1.97. The highest BCUT2D eigenvalue weighted by Crippen LogP contribution is 2.24. The van der Waals surface area contributed by atoms with Crippen LogP contribution in [0.15, 0.2) is 18.2 Å². The molecular formula is C11H11FN2O2. The second-order valence-electron chi connectivity index (χ2n) is 3.15. The second kappa shape index (κ2) is 5.71. The molecule has 0 saturated carbocycles. The summed E-state index contributed by atoms with van der Waals surface area (Å²) < 4.78 is 12.9. The van der Waals surface area contributed by atoms with E-state index in [1.54, 1.807) is 0 Å². The normalized spacial score (nSPS) is 9.50. The Bertz CT molecular complexity index is 426. The quantitative estimate of drug-likeness (QED) is 0.360. The van der Waals surface area contributed by atoms with Gasteiger partial charge in [0.15, 0.2) is 0 Å². The number of halogens is 1. The lowest BCUT2D eigenvalue weighted by atomic mass is 10.2. The van der Waals surface area contributed by atoms with Gasteiger partial charge in [-0.2, -0.15) is 0 Å². The summed E-state index contributed by atoms with van der Waals surface area (Å²) in [5, 5.41) is 13.4. The molecule has 0 saturated heterocycles. The first-order valence-electron chi connectivity index (χ1n) is 4.76. The Hall–Kier alpha value is -2.09. The van der Waals surface area contributed by atoms with E-state index in [-0.39, 0.29) is 11.4 Å². The molecule has 4 nitrogen and oxygen atoms in total. The van der Waals surface area contributed by atoms with Gasteiger partial charge in [-0.15, -0.1) is 12.3 Å². The number of benzene rings is 1. The molecule has 0 aliphatic rings. The van der Waals surface area contributed by atoms with E-state index in [0.717, 1.165) is 18.2 Å². The maximum Gasteiger partial charge on any atom is 0.292 e. The van der Waals surface area contributed by atoms with Gasteiger partial charge in [-0.25, -0.2) is 4.39 Å². The van der Waals surface area contributed by atoms with Crippen LogP contribution in [0, 0.1) is 28.3 Å². The lowest BCUT2D eigenvalue weighted by Crippen LogP contribution is -2.04. The number of nitro groups is 1. The zero-order chi connectivity index (χ0) is 12.0. The Morgan fingerprint density at radius 3 is 2.94 bits per heavy atom. The Balaban J connectivity index is 2.73. The van der Waals surface area contributed by atoms with Crippen LogP contribution in [0.2, 0.25) is 0 Å². The zero-order valence-electron chi connectivity index (χ0n) is 8.57. The molecule has 1 aromatic carbocycles. The maximum atomic E-state index is 12.9. The molecule has 0 bridgehead atoms. The molecular weight excluding hydrogens is 211 g/mol. The molecule has 16 heavy (non-hydrogen) atoms. The first-order valence-corrected chi connectivity index (χ1v) is 4.76. The van der Waals surface area contributed by atoms with Crippen molar-refractivity contribution in [2.75, 3.05) is 11.9 Å². The van der Waals surface area contributed by atoms with E-state index in [2.05, 4.69) is 11.2 Å². The first kappa shape index (κ1) is 12.0. The van der Waals surface area contributed by atoms with Crippen molar-refractivity contribution in [3.05, 3.63) is 34.1 Å². The zero-order valence-corrected chi connectivity index (χ0v) is 8.57. The summed E-state index contributed by atoms with van der Waals surface area (Å²) in [5.41, 5.74) is 0.0455.